The Bertz CT molecular complexity index is 673. The van der Waals surface area contributed by atoms with E-state index in [1.54, 1.807) is 13.1 Å². The summed E-state index contributed by atoms with van der Waals surface area (Å²) in [5, 5.41) is 18.7. The molecule has 27 heavy (non-hydrogen) atoms. The van der Waals surface area contributed by atoms with Crippen LogP contribution in [0.5, 0.6) is 0 Å². The zero-order valence-corrected chi connectivity index (χ0v) is 16.3. The Morgan fingerprint density at radius 2 is 2.11 bits per heavy atom. The van der Waals surface area contributed by atoms with Gasteiger partial charge in [0.15, 0.2) is 5.96 Å². The number of nitrogens with zero attached hydrogens (tertiary/aromatic N) is 3. The Morgan fingerprint density at radius 3 is 2.78 bits per heavy atom. The maximum absolute atomic E-state index is 11.8. The van der Waals surface area contributed by atoms with Gasteiger partial charge in [-0.3, -0.25) is 14.7 Å². The molecular weight excluding hydrogens is 340 g/mol. The molecule has 0 aliphatic carbocycles. The van der Waals surface area contributed by atoms with E-state index in [-0.39, 0.29) is 5.91 Å². The van der Waals surface area contributed by atoms with E-state index in [0.717, 1.165) is 50.4 Å². The fraction of sp³-hybridized carbons (Fsp3) is 0.550. The molecule has 1 aliphatic rings. The van der Waals surface area contributed by atoms with E-state index < -0.39 is 0 Å². The Hall–Kier alpha value is -2.59. The van der Waals surface area contributed by atoms with Crippen LogP contribution in [0.2, 0.25) is 0 Å². The van der Waals surface area contributed by atoms with Gasteiger partial charge in [0.2, 0.25) is 5.91 Å². The minimum atomic E-state index is 0.111. The number of likely N-dealkylation sites (tertiary alicyclic amines) is 1. The van der Waals surface area contributed by atoms with Crippen molar-refractivity contribution in [2.24, 2.45) is 4.99 Å². The van der Waals surface area contributed by atoms with Crippen LogP contribution in [0, 0.1) is 11.3 Å². The molecule has 2 rings (SSSR count). The summed E-state index contributed by atoms with van der Waals surface area (Å²) in [6.07, 6.45) is 2.92. The topological polar surface area (TPSA) is 92.6 Å². The largest absolute Gasteiger partial charge is 0.355 e. The van der Waals surface area contributed by atoms with Crippen LogP contribution in [0.25, 0.3) is 0 Å². The third kappa shape index (κ3) is 7.27. The second-order valence-electron chi connectivity index (χ2n) is 6.78. The highest BCUT2D eigenvalue weighted by Crippen LogP contribution is 2.10. The third-order valence-corrected chi connectivity index (χ3v) is 4.61. The van der Waals surface area contributed by atoms with Gasteiger partial charge in [-0.15, -0.1) is 0 Å². The quantitative estimate of drug-likeness (QED) is 0.496. The van der Waals surface area contributed by atoms with E-state index >= 15 is 0 Å². The van der Waals surface area contributed by atoms with Gasteiger partial charge in [0.25, 0.3) is 0 Å². The van der Waals surface area contributed by atoms with Crippen molar-refractivity contribution >= 4 is 11.9 Å². The highest BCUT2D eigenvalue weighted by atomic mass is 16.2. The van der Waals surface area contributed by atoms with Crippen LogP contribution < -0.4 is 16.0 Å². The summed E-state index contributed by atoms with van der Waals surface area (Å²) in [6.45, 7) is 5.70. The van der Waals surface area contributed by atoms with Crippen molar-refractivity contribution in [1.82, 2.24) is 20.9 Å². The van der Waals surface area contributed by atoms with Gasteiger partial charge in [0.05, 0.1) is 18.2 Å². The number of hydrogen-bond acceptors (Lipinski definition) is 4. The number of carbonyl (C=O) groups excluding carboxylic acids is 1. The van der Waals surface area contributed by atoms with Gasteiger partial charge < -0.3 is 16.0 Å². The molecule has 1 amide bonds. The zero-order chi connectivity index (χ0) is 19.5. The first kappa shape index (κ1) is 20.7. The SMILES string of the molecule is CCCNC(=O)CN1CCC(NC(=NC)NCc2cccc(C#N)c2)CC1. The summed E-state index contributed by atoms with van der Waals surface area (Å²) in [5.74, 6) is 0.872. The van der Waals surface area contributed by atoms with E-state index in [0.29, 0.717) is 24.7 Å². The molecule has 7 heteroatoms. The number of hydrogen-bond donors (Lipinski definition) is 3. The number of guanidine groups is 1. The molecule has 1 heterocycles. The number of nitrogens with one attached hydrogen (secondary N) is 3. The van der Waals surface area contributed by atoms with E-state index in [1.165, 1.54) is 0 Å². The van der Waals surface area contributed by atoms with Crippen molar-refractivity contribution in [3.63, 3.8) is 0 Å². The predicted molar refractivity (Wildman–Crippen MR) is 107 cm³/mol. The molecule has 0 saturated carbocycles. The molecule has 1 aliphatic heterocycles. The molecule has 1 saturated heterocycles. The average Bonchev–Trinajstić information content (AvgIpc) is 2.71. The summed E-state index contributed by atoms with van der Waals surface area (Å²) < 4.78 is 0. The van der Waals surface area contributed by atoms with Gasteiger partial charge in [-0.25, -0.2) is 0 Å². The van der Waals surface area contributed by atoms with Gasteiger partial charge in [0, 0.05) is 39.3 Å². The number of benzene rings is 1. The lowest BCUT2D eigenvalue weighted by molar-refractivity contribution is -0.122. The van der Waals surface area contributed by atoms with Crippen molar-refractivity contribution in [2.75, 3.05) is 33.2 Å². The molecule has 0 radical (unpaired) electrons. The lowest BCUT2D eigenvalue weighted by Crippen LogP contribution is -2.50. The van der Waals surface area contributed by atoms with Crippen molar-refractivity contribution in [3.8, 4) is 6.07 Å². The fourth-order valence-electron chi connectivity index (χ4n) is 3.08. The van der Waals surface area contributed by atoms with Gasteiger partial charge in [-0.05, 0) is 37.0 Å². The van der Waals surface area contributed by atoms with Crippen LogP contribution >= 0.6 is 0 Å². The van der Waals surface area contributed by atoms with Crippen LogP contribution in [0.4, 0.5) is 0 Å². The molecule has 0 atom stereocenters. The summed E-state index contributed by atoms with van der Waals surface area (Å²) in [5.41, 5.74) is 1.71. The standard InChI is InChI=1S/C20H30N6O/c1-3-9-23-19(27)15-26-10-7-18(8-11-26)25-20(22-2)24-14-17-6-4-5-16(12-17)13-21/h4-6,12,18H,3,7-11,14-15H2,1-2H3,(H,23,27)(H2,22,24,25). The Kier molecular flexibility index (Phi) is 8.59. The Balaban J connectivity index is 1.73. The number of piperidine rings is 1. The molecule has 3 N–H and O–H groups in total. The number of rotatable bonds is 7. The van der Waals surface area contributed by atoms with E-state index in [1.807, 2.05) is 18.2 Å². The molecule has 0 bridgehead atoms. The molecule has 1 aromatic rings. The summed E-state index contributed by atoms with van der Waals surface area (Å²) >= 11 is 0. The Morgan fingerprint density at radius 1 is 1.33 bits per heavy atom. The van der Waals surface area contributed by atoms with Gasteiger partial charge >= 0.3 is 0 Å². The second-order valence-corrected chi connectivity index (χ2v) is 6.78. The number of nitriles is 1. The molecule has 0 spiro atoms. The normalized spacial score (nSPS) is 15.8. The van der Waals surface area contributed by atoms with Crippen LogP contribution in [-0.4, -0.2) is 56.0 Å². The van der Waals surface area contributed by atoms with E-state index in [4.69, 9.17) is 5.26 Å². The molecule has 1 aromatic carbocycles. The maximum atomic E-state index is 11.8. The van der Waals surface area contributed by atoms with E-state index in [2.05, 4.69) is 38.8 Å². The van der Waals surface area contributed by atoms with Crippen LogP contribution in [-0.2, 0) is 11.3 Å². The van der Waals surface area contributed by atoms with Crippen LogP contribution in [0.1, 0.15) is 37.3 Å². The highest BCUT2D eigenvalue weighted by molar-refractivity contribution is 5.80. The maximum Gasteiger partial charge on any atom is 0.234 e. The van der Waals surface area contributed by atoms with Crippen molar-refractivity contribution in [3.05, 3.63) is 35.4 Å². The summed E-state index contributed by atoms with van der Waals surface area (Å²) in [6, 6.07) is 10.1. The first-order chi connectivity index (χ1) is 13.1. The minimum absolute atomic E-state index is 0.111. The third-order valence-electron chi connectivity index (χ3n) is 4.61. The lowest BCUT2D eigenvalue weighted by atomic mass is 10.1. The van der Waals surface area contributed by atoms with Crippen molar-refractivity contribution in [1.29, 1.82) is 5.26 Å². The van der Waals surface area contributed by atoms with Gasteiger partial charge in [-0.1, -0.05) is 19.1 Å². The monoisotopic (exact) mass is 370 g/mol. The smallest absolute Gasteiger partial charge is 0.234 e. The fourth-order valence-corrected chi connectivity index (χ4v) is 3.08. The molecule has 0 unspecified atom stereocenters. The average molecular weight is 371 g/mol. The van der Waals surface area contributed by atoms with Crippen LogP contribution in [0.3, 0.4) is 0 Å². The van der Waals surface area contributed by atoms with Crippen LogP contribution in [0.15, 0.2) is 29.3 Å². The predicted octanol–water partition coefficient (Wildman–Crippen LogP) is 1.21. The summed E-state index contributed by atoms with van der Waals surface area (Å²) in [4.78, 5) is 18.3. The highest BCUT2D eigenvalue weighted by Gasteiger charge is 2.21. The molecular formula is C20H30N6O. The lowest BCUT2D eigenvalue weighted by Gasteiger charge is -2.32. The van der Waals surface area contributed by atoms with Gasteiger partial charge in [0.1, 0.15) is 0 Å². The van der Waals surface area contributed by atoms with E-state index in [9.17, 15) is 4.79 Å². The minimum Gasteiger partial charge on any atom is -0.355 e. The van der Waals surface area contributed by atoms with Gasteiger partial charge in [-0.2, -0.15) is 5.26 Å². The summed E-state index contributed by atoms with van der Waals surface area (Å²) in [7, 11) is 1.76. The number of amides is 1. The molecule has 146 valence electrons. The molecule has 1 fully saturated rings. The van der Waals surface area contributed by atoms with Crippen molar-refractivity contribution in [2.45, 2.75) is 38.8 Å². The molecule has 0 aromatic heterocycles. The zero-order valence-electron chi connectivity index (χ0n) is 16.3. The first-order valence-electron chi connectivity index (χ1n) is 9.60. The molecule has 7 nitrogen and oxygen atoms in total. The number of aliphatic imine (C=N–C) groups is 1. The first-order valence-corrected chi connectivity index (χ1v) is 9.60. The second kappa shape index (κ2) is 11.2. The number of carbonyl (C=O) groups is 1. The van der Waals surface area contributed by atoms with Crippen molar-refractivity contribution < 1.29 is 4.79 Å². The Labute approximate surface area is 161 Å².